The molecule has 1 aromatic carbocycles. The fraction of sp³-hybridized carbons (Fsp3) is 0.500. The van der Waals surface area contributed by atoms with E-state index in [9.17, 15) is 4.79 Å². The molecule has 1 aliphatic rings. The highest BCUT2D eigenvalue weighted by Gasteiger charge is 2.29. The van der Waals surface area contributed by atoms with Gasteiger partial charge in [-0.1, -0.05) is 11.6 Å². The summed E-state index contributed by atoms with van der Waals surface area (Å²) in [5, 5.41) is 0.984. The summed E-state index contributed by atoms with van der Waals surface area (Å²) in [7, 11) is 0. The molecule has 2 aromatic rings. The van der Waals surface area contributed by atoms with Crippen LogP contribution in [0, 0.1) is 12.8 Å². The zero-order chi connectivity index (χ0) is 14.8. The van der Waals surface area contributed by atoms with Crippen molar-refractivity contribution in [2.24, 2.45) is 5.92 Å². The predicted octanol–water partition coefficient (Wildman–Crippen LogP) is 3.10. The van der Waals surface area contributed by atoms with E-state index in [-0.39, 0.29) is 5.91 Å². The smallest absolute Gasteiger partial charge is 0.274 e. The number of carbonyl (C=O) groups excluding carboxylic acids is 1. The summed E-state index contributed by atoms with van der Waals surface area (Å²) in [5.41, 5.74) is 1.77. The lowest BCUT2D eigenvalue weighted by molar-refractivity contribution is 0.0760. The van der Waals surface area contributed by atoms with Crippen LogP contribution in [0.3, 0.4) is 0 Å². The van der Waals surface area contributed by atoms with E-state index in [2.05, 4.69) is 16.5 Å². The maximum atomic E-state index is 12.7. The van der Waals surface area contributed by atoms with Gasteiger partial charge in [0.1, 0.15) is 5.69 Å². The summed E-state index contributed by atoms with van der Waals surface area (Å²) in [4.78, 5) is 14.6. The molecular formula is C16H20N2O2S. The normalized spacial score (nSPS) is 18.6. The topological polar surface area (TPSA) is 42.4 Å². The van der Waals surface area contributed by atoms with Crippen LogP contribution in [0.5, 0.6) is 0 Å². The number of fused-ring (bicyclic) bond motifs is 1. The Labute approximate surface area is 128 Å². The molecule has 1 saturated heterocycles. The molecule has 1 aromatic heterocycles. The Balaban J connectivity index is 1.77. The summed E-state index contributed by atoms with van der Waals surface area (Å²) >= 11 is 1.40. The third kappa shape index (κ3) is 2.94. The second-order valence-electron chi connectivity index (χ2n) is 5.60. The second-order valence-corrected chi connectivity index (χ2v) is 6.40. The summed E-state index contributed by atoms with van der Waals surface area (Å²) in [5.74, 6) is 0.520. The van der Waals surface area contributed by atoms with E-state index < -0.39 is 0 Å². The van der Waals surface area contributed by atoms with E-state index in [0.717, 1.165) is 48.4 Å². The third-order valence-electron chi connectivity index (χ3n) is 3.96. The Hall–Kier alpha value is -1.46. The van der Waals surface area contributed by atoms with Crippen LogP contribution in [0.4, 0.5) is 0 Å². The van der Waals surface area contributed by atoms with Crippen LogP contribution >= 0.6 is 11.5 Å². The molecule has 3 rings (SSSR count). The summed E-state index contributed by atoms with van der Waals surface area (Å²) in [6, 6.07) is 6.16. The molecule has 21 heavy (non-hydrogen) atoms. The molecular weight excluding hydrogens is 284 g/mol. The Morgan fingerprint density at radius 2 is 2.38 bits per heavy atom. The number of rotatable bonds is 4. The van der Waals surface area contributed by atoms with Gasteiger partial charge in [-0.3, -0.25) is 4.79 Å². The minimum Gasteiger partial charge on any atom is -0.381 e. The number of nitrogens with zero attached hydrogens (tertiary/aromatic N) is 2. The fourth-order valence-corrected chi connectivity index (χ4v) is 3.54. The summed E-state index contributed by atoms with van der Waals surface area (Å²) < 4.78 is 10.9. The van der Waals surface area contributed by atoms with Crippen LogP contribution < -0.4 is 0 Å². The minimum atomic E-state index is 0.0610. The van der Waals surface area contributed by atoms with Gasteiger partial charge in [0.05, 0.1) is 11.3 Å². The maximum Gasteiger partial charge on any atom is 0.274 e. The largest absolute Gasteiger partial charge is 0.381 e. The van der Waals surface area contributed by atoms with Crippen molar-refractivity contribution >= 4 is 27.5 Å². The third-order valence-corrected chi connectivity index (χ3v) is 4.79. The molecule has 0 aliphatic carbocycles. The second kappa shape index (κ2) is 6.12. The highest BCUT2D eigenvalue weighted by molar-refractivity contribution is 7.13. The minimum absolute atomic E-state index is 0.0610. The first-order valence-electron chi connectivity index (χ1n) is 7.42. The first kappa shape index (κ1) is 14.5. The number of benzene rings is 1. The number of hydrogen-bond acceptors (Lipinski definition) is 4. The lowest BCUT2D eigenvalue weighted by Gasteiger charge is -2.15. The van der Waals surface area contributed by atoms with Crippen LogP contribution in [0.1, 0.15) is 29.4 Å². The van der Waals surface area contributed by atoms with Crippen LogP contribution in [-0.2, 0) is 4.74 Å². The number of amides is 1. The predicted molar refractivity (Wildman–Crippen MR) is 84.9 cm³/mol. The molecule has 1 atom stereocenters. The average molecular weight is 304 g/mol. The van der Waals surface area contributed by atoms with E-state index in [0.29, 0.717) is 11.6 Å². The van der Waals surface area contributed by atoms with Crippen LogP contribution in [0.15, 0.2) is 18.2 Å². The quantitative estimate of drug-likeness (QED) is 0.871. The van der Waals surface area contributed by atoms with Gasteiger partial charge in [-0.2, -0.15) is 4.37 Å². The van der Waals surface area contributed by atoms with E-state index in [1.54, 1.807) is 0 Å². The molecule has 1 amide bonds. The van der Waals surface area contributed by atoms with E-state index >= 15 is 0 Å². The van der Waals surface area contributed by atoms with Crippen molar-refractivity contribution in [1.82, 2.24) is 9.27 Å². The van der Waals surface area contributed by atoms with Gasteiger partial charge in [-0.05, 0) is 43.9 Å². The number of aryl methyl sites for hydroxylation is 1. The van der Waals surface area contributed by atoms with Gasteiger partial charge >= 0.3 is 0 Å². The van der Waals surface area contributed by atoms with Gasteiger partial charge in [-0.15, -0.1) is 0 Å². The van der Waals surface area contributed by atoms with Crippen molar-refractivity contribution in [3.05, 3.63) is 29.5 Å². The Kier molecular flexibility index (Phi) is 4.22. The molecule has 112 valence electrons. The molecule has 1 aliphatic heterocycles. The summed E-state index contributed by atoms with van der Waals surface area (Å²) in [6.07, 6.45) is 1.02. The van der Waals surface area contributed by atoms with Crippen molar-refractivity contribution in [2.75, 3.05) is 26.3 Å². The molecule has 0 radical (unpaired) electrons. The van der Waals surface area contributed by atoms with Crippen molar-refractivity contribution in [3.8, 4) is 0 Å². The highest BCUT2D eigenvalue weighted by Crippen LogP contribution is 2.27. The highest BCUT2D eigenvalue weighted by atomic mass is 32.1. The SMILES string of the molecule is CCOCC1CCN(C(=O)c2nsc3ccc(C)cc23)C1. The van der Waals surface area contributed by atoms with Crippen LogP contribution in [0.25, 0.3) is 10.1 Å². The Bertz CT molecular complexity index is 653. The fourth-order valence-electron chi connectivity index (χ4n) is 2.79. The number of aromatic nitrogens is 1. The molecule has 0 N–H and O–H groups in total. The number of carbonyl (C=O) groups is 1. The summed E-state index contributed by atoms with van der Waals surface area (Å²) in [6.45, 7) is 7.11. The molecule has 1 fully saturated rings. The van der Waals surface area contributed by atoms with Gasteiger partial charge in [-0.25, -0.2) is 0 Å². The zero-order valence-corrected chi connectivity index (χ0v) is 13.3. The molecule has 5 heteroatoms. The molecule has 4 nitrogen and oxygen atoms in total. The van der Waals surface area contributed by atoms with Crippen LogP contribution in [0.2, 0.25) is 0 Å². The van der Waals surface area contributed by atoms with Gasteiger partial charge in [0, 0.05) is 31.0 Å². The standard InChI is InChI=1S/C16H20N2O2S/c1-3-20-10-12-6-7-18(9-12)16(19)15-13-8-11(2)4-5-14(13)21-17-15/h4-5,8,12H,3,6-7,9-10H2,1-2H3. The number of likely N-dealkylation sites (tertiary alicyclic amines) is 1. The van der Waals surface area contributed by atoms with Crippen molar-refractivity contribution < 1.29 is 9.53 Å². The monoisotopic (exact) mass is 304 g/mol. The van der Waals surface area contributed by atoms with E-state index in [1.807, 2.05) is 24.8 Å². The number of ether oxygens (including phenoxy) is 1. The van der Waals surface area contributed by atoms with Crippen LogP contribution in [-0.4, -0.2) is 41.5 Å². The van der Waals surface area contributed by atoms with Crippen molar-refractivity contribution in [3.63, 3.8) is 0 Å². The molecule has 1 unspecified atom stereocenters. The Morgan fingerprint density at radius 1 is 1.52 bits per heavy atom. The van der Waals surface area contributed by atoms with E-state index in [1.165, 1.54) is 11.5 Å². The molecule has 2 heterocycles. The molecule has 0 spiro atoms. The molecule has 0 bridgehead atoms. The molecule has 0 saturated carbocycles. The lowest BCUT2D eigenvalue weighted by Crippen LogP contribution is -2.29. The maximum absolute atomic E-state index is 12.7. The van der Waals surface area contributed by atoms with E-state index in [4.69, 9.17) is 4.74 Å². The van der Waals surface area contributed by atoms with Gasteiger partial charge < -0.3 is 9.64 Å². The first-order chi connectivity index (χ1) is 10.2. The average Bonchev–Trinajstić information content (AvgIpc) is 3.10. The van der Waals surface area contributed by atoms with Gasteiger partial charge in [0.2, 0.25) is 0 Å². The van der Waals surface area contributed by atoms with Gasteiger partial charge in [0.15, 0.2) is 0 Å². The lowest BCUT2D eigenvalue weighted by atomic mass is 10.1. The number of hydrogen-bond donors (Lipinski definition) is 0. The van der Waals surface area contributed by atoms with Gasteiger partial charge in [0.25, 0.3) is 5.91 Å². The first-order valence-corrected chi connectivity index (χ1v) is 8.19. The van der Waals surface area contributed by atoms with Crippen molar-refractivity contribution in [2.45, 2.75) is 20.3 Å². The zero-order valence-electron chi connectivity index (χ0n) is 12.5. The van der Waals surface area contributed by atoms with Crippen molar-refractivity contribution in [1.29, 1.82) is 0 Å². The Morgan fingerprint density at radius 3 is 3.19 bits per heavy atom.